The molecule has 2 heterocycles. The SMILES string of the molecule is Cn1ccc(CNC(=O)C2CCCNC2)n1. The Labute approximate surface area is 95.2 Å². The maximum Gasteiger partial charge on any atom is 0.224 e. The van der Waals surface area contributed by atoms with Crippen LogP contribution in [0.3, 0.4) is 0 Å². The Kier molecular flexibility index (Phi) is 3.56. The number of rotatable bonds is 3. The standard InChI is InChI=1S/C11H18N4O/c1-15-6-4-10(14-15)8-13-11(16)9-3-2-5-12-7-9/h4,6,9,12H,2-3,5,7-8H2,1H3,(H,13,16). The van der Waals surface area contributed by atoms with Gasteiger partial charge in [-0.25, -0.2) is 0 Å². The van der Waals surface area contributed by atoms with Crippen LogP contribution in [0.2, 0.25) is 0 Å². The average molecular weight is 222 g/mol. The molecule has 16 heavy (non-hydrogen) atoms. The number of aromatic nitrogens is 2. The first-order valence-electron chi connectivity index (χ1n) is 5.72. The molecule has 2 rings (SSSR count). The van der Waals surface area contributed by atoms with Gasteiger partial charge in [0.15, 0.2) is 0 Å². The van der Waals surface area contributed by atoms with Gasteiger partial charge in [-0.15, -0.1) is 0 Å². The predicted molar refractivity (Wildman–Crippen MR) is 60.6 cm³/mol. The van der Waals surface area contributed by atoms with Gasteiger partial charge in [0.2, 0.25) is 5.91 Å². The Morgan fingerprint density at radius 2 is 2.62 bits per heavy atom. The molecule has 0 aromatic carbocycles. The first-order chi connectivity index (χ1) is 7.75. The molecule has 1 amide bonds. The van der Waals surface area contributed by atoms with Crippen molar-refractivity contribution in [2.75, 3.05) is 13.1 Å². The summed E-state index contributed by atoms with van der Waals surface area (Å²) in [6.07, 6.45) is 3.95. The van der Waals surface area contributed by atoms with Crippen molar-refractivity contribution in [2.45, 2.75) is 19.4 Å². The molecule has 88 valence electrons. The second-order valence-corrected chi connectivity index (χ2v) is 4.24. The lowest BCUT2D eigenvalue weighted by Gasteiger charge is -2.21. The Hall–Kier alpha value is -1.36. The number of nitrogens with one attached hydrogen (secondary N) is 2. The van der Waals surface area contributed by atoms with E-state index in [0.29, 0.717) is 6.54 Å². The molecule has 2 N–H and O–H groups in total. The van der Waals surface area contributed by atoms with E-state index in [9.17, 15) is 4.79 Å². The number of piperidine rings is 1. The smallest absolute Gasteiger partial charge is 0.224 e. The minimum absolute atomic E-state index is 0.123. The summed E-state index contributed by atoms with van der Waals surface area (Å²) < 4.78 is 1.74. The topological polar surface area (TPSA) is 59.0 Å². The molecular formula is C11H18N4O. The van der Waals surface area contributed by atoms with Crippen LogP contribution < -0.4 is 10.6 Å². The van der Waals surface area contributed by atoms with Crippen molar-refractivity contribution in [3.63, 3.8) is 0 Å². The molecule has 5 nitrogen and oxygen atoms in total. The van der Waals surface area contributed by atoms with Crippen LogP contribution in [0.25, 0.3) is 0 Å². The van der Waals surface area contributed by atoms with E-state index in [-0.39, 0.29) is 11.8 Å². The minimum Gasteiger partial charge on any atom is -0.350 e. The molecule has 1 fully saturated rings. The molecule has 0 radical (unpaired) electrons. The number of hydrogen-bond acceptors (Lipinski definition) is 3. The maximum absolute atomic E-state index is 11.8. The Bertz CT molecular complexity index is 355. The van der Waals surface area contributed by atoms with Crippen molar-refractivity contribution in [3.8, 4) is 0 Å². The van der Waals surface area contributed by atoms with E-state index < -0.39 is 0 Å². The number of aryl methyl sites for hydroxylation is 1. The van der Waals surface area contributed by atoms with Crippen LogP contribution in [0.1, 0.15) is 18.5 Å². The molecule has 5 heteroatoms. The fourth-order valence-corrected chi connectivity index (χ4v) is 1.96. The number of nitrogens with zero attached hydrogens (tertiary/aromatic N) is 2. The third-order valence-electron chi connectivity index (χ3n) is 2.88. The molecule has 1 saturated heterocycles. The van der Waals surface area contributed by atoms with Crippen LogP contribution >= 0.6 is 0 Å². The summed E-state index contributed by atoms with van der Waals surface area (Å²) >= 11 is 0. The lowest BCUT2D eigenvalue weighted by atomic mass is 9.99. The van der Waals surface area contributed by atoms with Crippen LogP contribution in [0.5, 0.6) is 0 Å². The van der Waals surface area contributed by atoms with Crippen molar-refractivity contribution < 1.29 is 4.79 Å². The van der Waals surface area contributed by atoms with Gasteiger partial charge in [-0.2, -0.15) is 5.10 Å². The molecule has 1 aliphatic heterocycles. The van der Waals surface area contributed by atoms with Crippen molar-refractivity contribution in [3.05, 3.63) is 18.0 Å². The summed E-state index contributed by atoms with van der Waals surface area (Å²) in [4.78, 5) is 11.8. The zero-order valence-corrected chi connectivity index (χ0v) is 9.57. The summed E-state index contributed by atoms with van der Waals surface area (Å²) in [6, 6.07) is 1.92. The van der Waals surface area contributed by atoms with Crippen LogP contribution in [-0.4, -0.2) is 28.8 Å². The highest BCUT2D eigenvalue weighted by Crippen LogP contribution is 2.09. The van der Waals surface area contributed by atoms with E-state index in [1.807, 2.05) is 19.3 Å². The molecular weight excluding hydrogens is 204 g/mol. The summed E-state index contributed by atoms with van der Waals surface area (Å²) in [5, 5.41) is 10.4. The van der Waals surface area contributed by atoms with Crippen molar-refractivity contribution >= 4 is 5.91 Å². The van der Waals surface area contributed by atoms with Crippen molar-refractivity contribution in [1.29, 1.82) is 0 Å². The molecule has 0 saturated carbocycles. The molecule has 1 aromatic heterocycles. The highest BCUT2D eigenvalue weighted by Gasteiger charge is 2.20. The first kappa shape index (κ1) is 11.1. The lowest BCUT2D eigenvalue weighted by molar-refractivity contribution is -0.125. The molecule has 0 bridgehead atoms. The second kappa shape index (κ2) is 5.12. The molecule has 0 spiro atoms. The summed E-state index contributed by atoms with van der Waals surface area (Å²) in [5.41, 5.74) is 0.902. The molecule has 0 aliphatic carbocycles. The summed E-state index contributed by atoms with van der Waals surface area (Å²) in [7, 11) is 1.87. The highest BCUT2D eigenvalue weighted by atomic mass is 16.1. The third-order valence-corrected chi connectivity index (χ3v) is 2.88. The Balaban J connectivity index is 1.78. The zero-order chi connectivity index (χ0) is 11.4. The predicted octanol–water partition coefficient (Wildman–Crippen LogP) is 0.0359. The van der Waals surface area contributed by atoms with Crippen molar-refractivity contribution in [1.82, 2.24) is 20.4 Å². The van der Waals surface area contributed by atoms with Gasteiger partial charge in [-0.05, 0) is 25.5 Å². The van der Waals surface area contributed by atoms with Gasteiger partial charge in [0, 0.05) is 19.8 Å². The minimum atomic E-state index is 0.123. The monoisotopic (exact) mass is 222 g/mol. The lowest BCUT2D eigenvalue weighted by Crippen LogP contribution is -2.40. The largest absolute Gasteiger partial charge is 0.350 e. The fourth-order valence-electron chi connectivity index (χ4n) is 1.96. The van der Waals surface area contributed by atoms with Gasteiger partial charge in [0.1, 0.15) is 0 Å². The van der Waals surface area contributed by atoms with E-state index in [0.717, 1.165) is 31.6 Å². The zero-order valence-electron chi connectivity index (χ0n) is 9.57. The van der Waals surface area contributed by atoms with E-state index in [4.69, 9.17) is 0 Å². The normalized spacial score (nSPS) is 20.7. The van der Waals surface area contributed by atoms with Gasteiger partial charge in [0.05, 0.1) is 18.2 Å². The number of carbonyl (C=O) groups is 1. The van der Waals surface area contributed by atoms with Gasteiger partial charge in [-0.3, -0.25) is 9.48 Å². The summed E-state index contributed by atoms with van der Waals surface area (Å²) in [5.74, 6) is 0.260. The highest BCUT2D eigenvalue weighted by molar-refractivity contribution is 5.78. The van der Waals surface area contributed by atoms with Gasteiger partial charge < -0.3 is 10.6 Å². The van der Waals surface area contributed by atoms with Gasteiger partial charge >= 0.3 is 0 Å². The Morgan fingerprint density at radius 1 is 1.75 bits per heavy atom. The van der Waals surface area contributed by atoms with Crippen LogP contribution in [-0.2, 0) is 18.4 Å². The van der Waals surface area contributed by atoms with E-state index in [1.54, 1.807) is 4.68 Å². The first-order valence-corrected chi connectivity index (χ1v) is 5.72. The summed E-state index contributed by atoms with van der Waals surface area (Å²) in [6.45, 7) is 2.36. The molecule has 1 atom stereocenters. The number of hydrogen-bond donors (Lipinski definition) is 2. The molecule has 1 aliphatic rings. The van der Waals surface area contributed by atoms with Crippen molar-refractivity contribution in [2.24, 2.45) is 13.0 Å². The average Bonchev–Trinajstić information content (AvgIpc) is 2.73. The quantitative estimate of drug-likeness (QED) is 0.759. The van der Waals surface area contributed by atoms with E-state index in [1.165, 1.54) is 0 Å². The van der Waals surface area contributed by atoms with Crippen LogP contribution in [0.4, 0.5) is 0 Å². The Morgan fingerprint density at radius 3 is 3.25 bits per heavy atom. The number of carbonyl (C=O) groups excluding carboxylic acids is 1. The van der Waals surface area contributed by atoms with Gasteiger partial charge in [-0.1, -0.05) is 0 Å². The molecule has 1 aromatic rings. The maximum atomic E-state index is 11.8. The van der Waals surface area contributed by atoms with Gasteiger partial charge in [0.25, 0.3) is 0 Å². The van der Waals surface area contributed by atoms with E-state index in [2.05, 4.69) is 15.7 Å². The fraction of sp³-hybridized carbons (Fsp3) is 0.636. The number of amides is 1. The second-order valence-electron chi connectivity index (χ2n) is 4.24. The third kappa shape index (κ3) is 2.82. The van der Waals surface area contributed by atoms with Crippen LogP contribution in [0, 0.1) is 5.92 Å². The van der Waals surface area contributed by atoms with E-state index >= 15 is 0 Å². The van der Waals surface area contributed by atoms with Crippen LogP contribution in [0.15, 0.2) is 12.3 Å². The molecule has 1 unspecified atom stereocenters.